The lowest BCUT2D eigenvalue weighted by molar-refractivity contribution is -0.130. The number of thiazole rings is 1. The minimum Gasteiger partial charge on any atom is -0.379 e. The number of aromatic nitrogens is 1. The molecule has 4 rings (SSSR count). The maximum atomic E-state index is 13.8. The molecule has 41 heavy (non-hydrogen) atoms. The Bertz CT molecular complexity index is 1200. The smallest absolute Gasteiger partial charge is 0.224 e. The van der Waals surface area contributed by atoms with E-state index in [0.29, 0.717) is 56.9 Å². The van der Waals surface area contributed by atoms with E-state index in [4.69, 9.17) is 9.72 Å². The Balaban J connectivity index is 1.43. The molecular formula is C33H47N3O4S. The Labute approximate surface area is 249 Å². The van der Waals surface area contributed by atoms with Gasteiger partial charge in [-0.15, -0.1) is 11.3 Å². The Morgan fingerprint density at radius 2 is 1.90 bits per heavy atom. The first-order chi connectivity index (χ1) is 19.9. The SMILES string of the molecule is C=C(CN1CCOCC1)C(=O)CC[C@@H](NC(=O)[C@@H](CC(=O)CC)Cc1nc2ccc(CC)cc2s1)C1CCCCC1. The summed E-state index contributed by atoms with van der Waals surface area (Å²) in [6.45, 7) is 11.7. The summed E-state index contributed by atoms with van der Waals surface area (Å²) in [5, 5.41) is 4.23. The van der Waals surface area contributed by atoms with E-state index in [2.05, 4.69) is 35.9 Å². The number of rotatable bonds is 15. The Kier molecular flexibility index (Phi) is 12.1. The standard InChI is InChI=1S/C33H47N3O4S/c1-4-24-11-12-29-31(19-24)41-32(34-29)21-26(20-27(37)5-2)33(39)35-28(25-9-7-6-8-10-25)13-14-30(38)23(3)22-36-15-17-40-18-16-36/h11-12,19,25-26,28H,3-10,13-18,20-22H2,1-2H3,(H,35,39)/t26-,28+/m0/s1. The van der Waals surface area contributed by atoms with Crippen molar-refractivity contribution in [2.75, 3.05) is 32.8 Å². The van der Waals surface area contributed by atoms with Gasteiger partial charge in [0.2, 0.25) is 5.91 Å². The number of ketones is 2. The van der Waals surface area contributed by atoms with Crippen molar-refractivity contribution < 1.29 is 19.1 Å². The third kappa shape index (κ3) is 9.29. The molecule has 1 aliphatic carbocycles. The van der Waals surface area contributed by atoms with E-state index < -0.39 is 5.92 Å². The van der Waals surface area contributed by atoms with E-state index >= 15 is 0 Å². The van der Waals surface area contributed by atoms with Gasteiger partial charge in [-0.3, -0.25) is 19.3 Å². The average molecular weight is 582 g/mol. The number of aryl methyl sites for hydroxylation is 1. The number of hydrogen-bond acceptors (Lipinski definition) is 7. The zero-order valence-corrected chi connectivity index (χ0v) is 25.7. The molecule has 224 valence electrons. The molecule has 2 fully saturated rings. The lowest BCUT2D eigenvalue weighted by atomic mass is 9.81. The fourth-order valence-corrected chi connectivity index (χ4v) is 7.17. The van der Waals surface area contributed by atoms with Crippen LogP contribution in [-0.2, 0) is 32.0 Å². The van der Waals surface area contributed by atoms with Gasteiger partial charge in [-0.2, -0.15) is 0 Å². The summed E-state index contributed by atoms with van der Waals surface area (Å²) in [7, 11) is 0. The minimum atomic E-state index is -0.466. The molecule has 2 heterocycles. The molecule has 1 N–H and O–H groups in total. The maximum absolute atomic E-state index is 13.8. The second-order valence-electron chi connectivity index (χ2n) is 11.7. The number of morpholine rings is 1. The minimum absolute atomic E-state index is 0.0742. The Morgan fingerprint density at radius 1 is 1.15 bits per heavy atom. The van der Waals surface area contributed by atoms with Gasteiger partial charge in [-0.05, 0) is 49.3 Å². The summed E-state index contributed by atoms with van der Waals surface area (Å²) in [5.74, 6) is -0.0406. The predicted molar refractivity (Wildman–Crippen MR) is 165 cm³/mol. The first kappa shape index (κ1) is 31.5. The van der Waals surface area contributed by atoms with Crippen molar-refractivity contribution >= 4 is 39.0 Å². The lowest BCUT2D eigenvalue weighted by Crippen LogP contribution is -2.45. The zero-order valence-electron chi connectivity index (χ0n) is 24.9. The summed E-state index contributed by atoms with van der Waals surface area (Å²) < 4.78 is 6.54. The van der Waals surface area contributed by atoms with Crippen LogP contribution in [0, 0.1) is 11.8 Å². The molecule has 1 aromatic heterocycles. The van der Waals surface area contributed by atoms with Gasteiger partial charge in [0.1, 0.15) is 5.78 Å². The Hall–Kier alpha value is -2.42. The molecule has 1 aromatic carbocycles. The van der Waals surface area contributed by atoms with E-state index in [-0.39, 0.29) is 29.9 Å². The van der Waals surface area contributed by atoms with Gasteiger partial charge in [0.25, 0.3) is 0 Å². The van der Waals surface area contributed by atoms with Crippen molar-refractivity contribution in [2.24, 2.45) is 11.8 Å². The molecule has 8 heteroatoms. The van der Waals surface area contributed by atoms with Crippen molar-refractivity contribution in [1.82, 2.24) is 15.2 Å². The van der Waals surface area contributed by atoms with Crippen LogP contribution < -0.4 is 5.32 Å². The van der Waals surface area contributed by atoms with E-state index in [0.717, 1.165) is 60.4 Å². The molecule has 0 radical (unpaired) electrons. The Morgan fingerprint density at radius 3 is 2.61 bits per heavy atom. The highest BCUT2D eigenvalue weighted by atomic mass is 32.1. The normalized spacial score (nSPS) is 18.2. The van der Waals surface area contributed by atoms with E-state index in [9.17, 15) is 14.4 Å². The molecule has 2 atom stereocenters. The molecule has 2 aliphatic rings. The molecule has 0 unspecified atom stereocenters. The number of nitrogens with one attached hydrogen (secondary N) is 1. The van der Waals surface area contributed by atoms with Gasteiger partial charge < -0.3 is 10.1 Å². The van der Waals surface area contributed by atoms with Crippen molar-refractivity contribution in [3.05, 3.63) is 40.9 Å². The van der Waals surface area contributed by atoms with E-state index in [1.54, 1.807) is 11.3 Å². The molecule has 1 saturated carbocycles. The second kappa shape index (κ2) is 15.7. The van der Waals surface area contributed by atoms with Gasteiger partial charge in [0.15, 0.2) is 5.78 Å². The predicted octanol–water partition coefficient (Wildman–Crippen LogP) is 5.69. The molecular weight excluding hydrogens is 534 g/mol. The fraction of sp³-hybridized carbons (Fsp3) is 0.636. The molecule has 1 saturated heterocycles. The summed E-state index contributed by atoms with van der Waals surface area (Å²) >= 11 is 1.62. The summed E-state index contributed by atoms with van der Waals surface area (Å²) in [4.78, 5) is 46.4. The first-order valence-corrected chi connectivity index (χ1v) is 16.4. The van der Waals surface area contributed by atoms with Crippen molar-refractivity contribution in [3.8, 4) is 0 Å². The molecule has 2 aromatic rings. The number of amides is 1. The second-order valence-corrected chi connectivity index (χ2v) is 12.8. The number of Topliss-reactive ketones (excluding diaryl/α,β-unsaturated/α-hetero) is 2. The van der Waals surface area contributed by atoms with Gasteiger partial charge in [0.05, 0.1) is 34.4 Å². The van der Waals surface area contributed by atoms with Gasteiger partial charge in [-0.25, -0.2) is 4.98 Å². The number of ether oxygens (including phenoxy) is 1. The van der Waals surface area contributed by atoms with Crippen LogP contribution in [0.25, 0.3) is 10.2 Å². The molecule has 1 amide bonds. The number of fused-ring (bicyclic) bond motifs is 1. The van der Waals surface area contributed by atoms with Crippen molar-refractivity contribution in [3.63, 3.8) is 0 Å². The highest BCUT2D eigenvalue weighted by Crippen LogP contribution is 2.30. The van der Waals surface area contributed by atoms with Crippen LogP contribution in [0.5, 0.6) is 0 Å². The molecule has 0 spiro atoms. The summed E-state index contributed by atoms with van der Waals surface area (Å²) in [5.41, 5.74) is 2.84. The number of carbonyl (C=O) groups excluding carboxylic acids is 3. The highest BCUT2D eigenvalue weighted by Gasteiger charge is 2.30. The van der Waals surface area contributed by atoms with Crippen LogP contribution in [0.1, 0.15) is 82.2 Å². The number of nitrogens with zero attached hydrogens (tertiary/aromatic N) is 2. The molecule has 1 aliphatic heterocycles. The monoisotopic (exact) mass is 581 g/mol. The fourth-order valence-electron chi connectivity index (χ4n) is 6.06. The molecule has 0 bridgehead atoms. The van der Waals surface area contributed by atoms with Crippen LogP contribution in [0.4, 0.5) is 0 Å². The van der Waals surface area contributed by atoms with Crippen LogP contribution in [0.15, 0.2) is 30.4 Å². The largest absolute Gasteiger partial charge is 0.379 e. The third-order valence-electron chi connectivity index (χ3n) is 8.71. The third-order valence-corrected chi connectivity index (χ3v) is 9.75. The van der Waals surface area contributed by atoms with Crippen LogP contribution in [0.3, 0.4) is 0 Å². The topological polar surface area (TPSA) is 88.6 Å². The van der Waals surface area contributed by atoms with Crippen molar-refractivity contribution in [1.29, 1.82) is 0 Å². The van der Waals surface area contributed by atoms with Crippen molar-refractivity contribution in [2.45, 2.75) is 90.5 Å². The lowest BCUT2D eigenvalue weighted by Gasteiger charge is -2.32. The number of benzene rings is 1. The number of carbonyl (C=O) groups is 3. The maximum Gasteiger partial charge on any atom is 0.224 e. The zero-order chi connectivity index (χ0) is 29.2. The number of hydrogen-bond donors (Lipinski definition) is 1. The quantitative estimate of drug-likeness (QED) is 0.272. The highest BCUT2D eigenvalue weighted by molar-refractivity contribution is 7.18. The average Bonchev–Trinajstić information content (AvgIpc) is 3.40. The van der Waals surface area contributed by atoms with Gasteiger partial charge >= 0.3 is 0 Å². The van der Waals surface area contributed by atoms with Crippen LogP contribution in [0.2, 0.25) is 0 Å². The van der Waals surface area contributed by atoms with E-state index in [1.807, 2.05) is 13.0 Å². The summed E-state index contributed by atoms with van der Waals surface area (Å²) in [6, 6.07) is 6.24. The van der Waals surface area contributed by atoms with Crippen LogP contribution >= 0.6 is 11.3 Å². The van der Waals surface area contributed by atoms with Gasteiger partial charge in [-0.1, -0.05) is 45.8 Å². The van der Waals surface area contributed by atoms with E-state index in [1.165, 1.54) is 12.0 Å². The van der Waals surface area contributed by atoms with Gasteiger partial charge in [0, 0.05) is 56.9 Å². The first-order valence-electron chi connectivity index (χ1n) is 15.6. The summed E-state index contributed by atoms with van der Waals surface area (Å²) in [6.07, 6.45) is 8.66. The molecule has 7 nitrogen and oxygen atoms in total. The van der Waals surface area contributed by atoms with Crippen LogP contribution in [-0.4, -0.2) is 66.2 Å².